The van der Waals surface area contributed by atoms with Gasteiger partial charge in [-0.1, -0.05) is 24.3 Å². The molecule has 3 aromatic rings. The third-order valence-corrected chi connectivity index (χ3v) is 4.44. The van der Waals surface area contributed by atoms with E-state index in [1.807, 2.05) is 43.4 Å². The fourth-order valence-corrected chi connectivity index (χ4v) is 2.87. The molecule has 0 bridgehead atoms. The zero-order chi connectivity index (χ0) is 19.2. The highest BCUT2D eigenvalue weighted by atomic mass is 32.1. The first-order chi connectivity index (χ1) is 13.0. The Morgan fingerprint density at radius 3 is 2.52 bits per heavy atom. The van der Waals surface area contributed by atoms with Gasteiger partial charge < -0.3 is 13.9 Å². The second kappa shape index (κ2) is 8.83. The summed E-state index contributed by atoms with van der Waals surface area (Å²) >= 11 is 5.28. The molecule has 27 heavy (non-hydrogen) atoms. The minimum absolute atomic E-state index is 0.213. The molecule has 0 aliphatic carbocycles. The van der Waals surface area contributed by atoms with Crippen molar-refractivity contribution in [3.63, 3.8) is 0 Å². The summed E-state index contributed by atoms with van der Waals surface area (Å²) < 4.78 is 18.0. The molecule has 1 heterocycles. The highest BCUT2D eigenvalue weighted by Gasteiger charge is 2.10. The third-order valence-electron chi connectivity index (χ3n) is 4.15. The summed E-state index contributed by atoms with van der Waals surface area (Å²) in [5.74, 6) is 1.93. The summed E-state index contributed by atoms with van der Waals surface area (Å²) in [7, 11) is 3.65. The van der Waals surface area contributed by atoms with Gasteiger partial charge in [-0.25, -0.2) is 4.68 Å². The highest BCUT2D eigenvalue weighted by molar-refractivity contribution is 7.71. The number of benzene rings is 2. The molecule has 6 nitrogen and oxygen atoms in total. The van der Waals surface area contributed by atoms with Crippen LogP contribution in [0.4, 0.5) is 0 Å². The van der Waals surface area contributed by atoms with Crippen molar-refractivity contribution in [1.29, 1.82) is 0 Å². The summed E-state index contributed by atoms with van der Waals surface area (Å²) in [6.07, 6.45) is 0. The van der Waals surface area contributed by atoms with Crippen LogP contribution >= 0.6 is 12.2 Å². The molecule has 142 valence electrons. The molecule has 1 aromatic heterocycles. The van der Waals surface area contributed by atoms with Gasteiger partial charge in [-0.15, -0.1) is 5.10 Å². The predicted molar refractivity (Wildman–Crippen MR) is 105 cm³/mol. The van der Waals surface area contributed by atoms with Crippen LogP contribution in [0.25, 0.3) is 0 Å². The molecule has 0 aliphatic rings. The molecule has 2 aromatic carbocycles. The Kier molecular flexibility index (Phi) is 6.26. The molecular weight excluding hydrogens is 362 g/mol. The number of ether oxygens (including phenoxy) is 2. The normalized spacial score (nSPS) is 11.0. The first-order valence-electron chi connectivity index (χ1n) is 8.62. The SMILES string of the molecule is COc1ccc(OCc2nn(CN(C)Cc3ccccc3C)c(=S)o2)cc1. The Bertz CT molecular complexity index is 934. The highest BCUT2D eigenvalue weighted by Crippen LogP contribution is 2.18. The molecule has 0 saturated heterocycles. The summed E-state index contributed by atoms with van der Waals surface area (Å²) in [4.78, 5) is 2.47. The molecule has 0 N–H and O–H groups in total. The van der Waals surface area contributed by atoms with Crippen LogP contribution in [0.5, 0.6) is 11.5 Å². The van der Waals surface area contributed by atoms with Gasteiger partial charge in [0, 0.05) is 6.54 Å². The van der Waals surface area contributed by atoms with Crippen LogP contribution in [0.15, 0.2) is 52.9 Å². The van der Waals surface area contributed by atoms with Crippen molar-refractivity contribution >= 4 is 12.2 Å². The van der Waals surface area contributed by atoms with E-state index in [-0.39, 0.29) is 6.61 Å². The van der Waals surface area contributed by atoms with Gasteiger partial charge in [0.25, 0.3) is 10.7 Å². The molecule has 0 aliphatic heterocycles. The van der Waals surface area contributed by atoms with Gasteiger partial charge in [-0.05, 0) is 61.6 Å². The zero-order valence-corrected chi connectivity index (χ0v) is 16.5. The minimum atomic E-state index is 0.213. The molecule has 0 radical (unpaired) electrons. The Balaban J connectivity index is 1.58. The first-order valence-corrected chi connectivity index (χ1v) is 9.02. The van der Waals surface area contributed by atoms with Gasteiger partial charge in [0.05, 0.1) is 13.8 Å². The molecule has 0 saturated carbocycles. The molecule has 7 heteroatoms. The van der Waals surface area contributed by atoms with Crippen LogP contribution in [-0.2, 0) is 19.8 Å². The summed E-state index contributed by atoms with van der Waals surface area (Å²) in [6, 6.07) is 15.7. The van der Waals surface area contributed by atoms with Crippen LogP contribution in [0.3, 0.4) is 0 Å². The van der Waals surface area contributed by atoms with Crippen molar-refractivity contribution in [2.45, 2.75) is 26.7 Å². The summed E-state index contributed by atoms with van der Waals surface area (Å²) in [6.45, 7) is 3.67. The van der Waals surface area contributed by atoms with E-state index in [1.165, 1.54) is 11.1 Å². The second-order valence-corrected chi connectivity index (χ2v) is 6.66. The number of rotatable bonds is 8. The van der Waals surface area contributed by atoms with Crippen molar-refractivity contribution in [1.82, 2.24) is 14.7 Å². The Morgan fingerprint density at radius 2 is 1.81 bits per heavy atom. The molecule has 0 fully saturated rings. The average molecular weight is 385 g/mol. The number of hydrogen-bond donors (Lipinski definition) is 0. The first kappa shape index (κ1) is 19.1. The lowest BCUT2D eigenvalue weighted by molar-refractivity contribution is 0.240. The topological polar surface area (TPSA) is 52.7 Å². The standard InChI is InChI=1S/C20H23N3O3S/c1-15-6-4-5-7-16(15)12-22(2)14-23-20(27)26-19(21-23)13-25-18-10-8-17(24-3)9-11-18/h4-11H,12-14H2,1-3H3. The van der Waals surface area contributed by atoms with Crippen molar-refractivity contribution in [3.05, 3.63) is 70.4 Å². The number of nitrogens with zero attached hydrogens (tertiary/aromatic N) is 3. The van der Waals surface area contributed by atoms with Crippen LogP contribution in [0, 0.1) is 11.8 Å². The Morgan fingerprint density at radius 1 is 1.11 bits per heavy atom. The summed E-state index contributed by atoms with van der Waals surface area (Å²) in [5, 5.41) is 4.42. The van der Waals surface area contributed by atoms with E-state index < -0.39 is 0 Å². The molecule has 0 amide bonds. The van der Waals surface area contributed by atoms with E-state index in [4.69, 9.17) is 26.1 Å². The number of methoxy groups -OCH3 is 1. The van der Waals surface area contributed by atoms with Crippen LogP contribution in [-0.4, -0.2) is 28.8 Å². The van der Waals surface area contributed by atoms with Crippen LogP contribution in [0.2, 0.25) is 0 Å². The largest absolute Gasteiger partial charge is 0.497 e. The van der Waals surface area contributed by atoms with Gasteiger partial charge in [0.1, 0.15) is 11.5 Å². The lowest BCUT2D eigenvalue weighted by Crippen LogP contribution is -2.23. The van der Waals surface area contributed by atoms with E-state index >= 15 is 0 Å². The third kappa shape index (κ3) is 5.18. The second-order valence-electron chi connectivity index (χ2n) is 6.31. The summed E-state index contributed by atoms with van der Waals surface area (Å²) in [5.41, 5.74) is 2.54. The number of aromatic nitrogens is 2. The van der Waals surface area contributed by atoms with Crippen LogP contribution in [0.1, 0.15) is 17.0 Å². The van der Waals surface area contributed by atoms with Crippen molar-refractivity contribution in [3.8, 4) is 11.5 Å². The van der Waals surface area contributed by atoms with Gasteiger partial charge in [0.2, 0.25) is 0 Å². The quantitative estimate of drug-likeness (QED) is 0.542. The van der Waals surface area contributed by atoms with E-state index in [0.29, 0.717) is 23.1 Å². The van der Waals surface area contributed by atoms with E-state index in [0.717, 1.165) is 12.3 Å². The van der Waals surface area contributed by atoms with Gasteiger partial charge >= 0.3 is 0 Å². The monoisotopic (exact) mass is 385 g/mol. The fourth-order valence-electron chi connectivity index (χ4n) is 2.67. The maximum atomic E-state index is 5.69. The molecule has 0 spiro atoms. The average Bonchev–Trinajstić information content (AvgIpc) is 3.01. The number of aryl methyl sites for hydroxylation is 1. The van der Waals surface area contributed by atoms with Gasteiger partial charge in [-0.3, -0.25) is 4.90 Å². The Labute approximate surface area is 163 Å². The smallest absolute Gasteiger partial charge is 0.288 e. The zero-order valence-electron chi connectivity index (χ0n) is 15.7. The minimum Gasteiger partial charge on any atom is -0.497 e. The maximum Gasteiger partial charge on any atom is 0.288 e. The predicted octanol–water partition coefficient (Wildman–Crippen LogP) is 4.19. The van der Waals surface area contributed by atoms with Crippen molar-refractivity contribution < 1.29 is 13.9 Å². The lowest BCUT2D eigenvalue weighted by Gasteiger charge is -2.17. The van der Waals surface area contributed by atoms with Gasteiger partial charge in [-0.2, -0.15) is 0 Å². The fraction of sp³-hybridized carbons (Fsp3) is 0.300. The number of hydrogen-bond acceptors (Lipinski definition) is 6. The van der Waals surface area contributed by atoms with E-state index in [9.17, 15) is 0 Å². The van der Waals surface area contributed by atoms with Crippen LogP contribution < -0.4 is 9.47 Å². The molecular formula is C20H23N3O3S. The van der Waals surface area contributed by atoms with Crippen molar-refractivity contribution in [2.75, 3.05) is 14.2 Å². The van der Waals surface area contributed by atoms with Gasteiger partial charge in [0.15, 0.2) is 6.61 Å². The molecule has 0 atom stereocenters. The maximum absolute atomic E-state index is 5.69. The van der Waals surface area contributed by atoms with E-state index in [1.54, 1.807) is 11.8 Å². The molecule has 3 rings (SSSR count). The van der Waals surface area contributed by atoms with Crippen molar-refractivity contribution in [2.24, 2.45) is 0 Å². The molecule has 0 unspecified atom stereocenters. The lowest BCUT2D eigenvalue weighted by atomic mass is 10.1. The Hall–Kier alpha value is -2.64. The van der Waals surface area contributed by atoms with E-state index in [2.05, 4.69) is 29.1 Å².